The summed E-state index contributed by atoms with van der Waals surface area (Å²) in [5, 5.41) is 0. The van der Waals surface area contributed by atoms with E-state index in [1.807, 2.05) is 0 Å². The van der Waals surface area contributed by atoms with E-state index in [0.717, 1.165) is 17.7 Å². The van der Waals surface area contributed by atoms with Crippen LogP contribution in [0.3, 0.4) is 0 Å². The van der Waals surface area contributed by atoms with E-state index < -0.39 is 18.3 Å². The number of benzene rings is 2. The van der Waals surface area contributed by atoms with Crippen LogP contribution in [0.25, 0.3) is 11.1 Å². The molecule has 4 heteroatoms. The minimum absolute atomic E-state index is 0.00449. The Kier molecular flexibility index (Phi) is 3.87. The van der Waals surface area contributed by atoms with E-state index in [9.17, 15) is 13.2 Å². The third-order valence-corrected chi connectivity index (χ3v) is 2.45. The minimum atomic E-state index is -0.884. The standard InChI is InChI=1S/C14H11F3O/c15-7-8-18-12-4-1-10(2-5-12)11-3-6-13(16)14(17)9-11/h1-6,9H,7-8H2. The molecule has 0 radical (unpaired) electrons. The van der Waals surface area contributed by atoms with Crippen LogP contribution in [0.4, 0.5) is 13.2 Å². The average molecular weight is 252 g/mol. The predicted molar refractivity (Wildman–Crippen MR) is 63.3 cm³/mol. The molecule has 0 unspecified atom stereocenters. The molecule has 0 aliphatic rings. The van der Waals surface area contributed by atoms with E-state index in [0.29, 0.717) is 11.3 Å². The lowest BCUT2D eigenvalue weighted by atomic mass is 10.1. The molecular weight excluding hydrogens is 241 g/mol. The SMILES string of the molecule is FCCOc1ccc(-c2ccc(F)c(F)c2)cc1. The maximum atomic E-state index is 13.1. The van der Waals surface area contributed by atoms with Crippen LogP contribution in [-0.4, -0.2) is 13.3 Å². The Balaban J connectivity index is 2.20. The van der Waals surface area contributed by atoms with Crippen molar-refractivity contribution in [1.82, 2.24) is 0 Å². The number of hydrogen-bond acceptors (Lipinski definition) is 1. The Bertz CT molecular complexity index is 523. The molecule has 0 amide bonds. The van der Waals surface area contributed by atoms with Crippen molar-refractivity contribution in [1.29, 1.82) is 0 Å². The van der Waals surface area contributed by atoms with E-state index in [1.165, 1.54) is 6.07 Å². The smallest absolute Gasteiger partial charge is 0.159 e. The van der Waals surface area contributed by atoms with Crippen molar-refractivity contribution in [3.63, 3.8) is 0 Å². The number of halogens is 3. The Morgan fingerprint density at radius 3 is 2.11 bits per heavy atom. The molecular formula is C14H11F3O. The molecule has 0 aromatic heterocycles. The van der Waals surface area contributed by atoms with Crippen LogP contribution in [0.15, 0.2) is 42.5 Å². The summed E-state index contributed by atoms with van der Waals surface area (Å²) in [6.45, 7) is -0.546. The van der Waals surface area contributed by atoms with E-state index in [2.05, 4.69) is 0 Å². The zero-order valence-corrected chi connectivity index (χ0v) is 9.50. The Hall–Kier alpha value is -1.97. The summed E-state index contributed by atoms with van der Waals surface area (Å²) in [6, 6.07) is 10.4. The van der Waals surface area contributed by atoms with E-state index in [4.69, 9.17) is 4.74 Å². The molecule has 18 heavy (non-hydrogen) atoms. The molecule has 0 heterocycles. The first-order chi connectivity index (χ1) is 8.70. The number of hydrogen-bond donors (Lipinski definition) is 0. The second-order valence-corrected chi connectivity index (χ2v) is 3.69. The first kappa shape index (κ1) is 12.5. The van der Waals surface area contributed by atoms with Gasteiger partial charge >= 0.3 is 0 Å². The third kappa shape index (κ3) is 2.83. The Labute approximate surface area is 103 Å². The molecule has 94 valence electrons. The first-order valence-electron chi connectivity index (χ1n) is 5.45. The summed E-state index contributed by atoms with van der Waals surface area (Å²) in [6.07, 6.45) is 0. The van der Waals surface area contributed by atoms with Crippen LogP contribution in [0, 0.1) is 11.6 Å². The molecule has 2 aromatic carbocycles. The normalized spacial score (nSPS) is 10.4. The summed E-state index contributed by atoms with van der Waals surface area (Å²) in [4.78, 5) is 0. The van der Waals surface area contributed by atoms with Gasteiger partial charge in [0.15, 0.2) is 11.6 Å². The van der Waals surface area contributed by atoms with Gasteiger partial charge in [0.1, 0.15) is 19.0 Å². The van der Waals surface area contributed by atoms with E-state index in [1.54, 1.807) is 24.3 Å². The fourth-order valence-corrected chi connectivity index (χ4v) is 1.58. The fourth-order valence-electron chi connectivity index (χ4n) is 1.58. The molecule has 0 atom stereocenters. The van der Waals surface area contributed by atoms with Crippen molar-refractivity contribution >= 4 is 0 Å². The second-order valence-electron chi connectivity index (χ2n) is 3.69. The van der Waals surface area contributed by atoms with Gasteiger partial charge < -0.3 is 4.74 Å². The van der Waals surface area contributed by atoms with Crippen molar-refractivity contribution in [2.75, 3.05) is 13.3 Å². The Morgan fingerprint density at radius 2 is 1.50 bits per heavy atom. The van der Waals surface area contributed by atoms with Crippen molar-refractivity contribution in [3.8, 4) is 16.9 Å². The van der Waals surface area contributed by atoms with Crippen LogP contribution >= 0.6 is 0 Å². The molecule has 0 aliphatic heterocycles. The molecule has 0 spiro atoms. The maximum absolute atomic E-state index is 13.1. The highest BCUT2D eigenvalue weighted by Gasteiger charge is 2.04. The summed E-state index contributed by atoms with van der Waals surface area (Å²) in [5.41, 5.74) is 1.31. The summed E-state index contributed by atoms with van der Waals surface area (Å²) >= 11 is 0. The van der Waals surface area contributed by atoms with Gasteiger partial charge in [-0.25, -0.2) is 13.2 Å². The highest BCUT2D eigenvalue weighted by atomic mass is 19.2. The minimum Gasteiger partial charge on any atom is -0.491 e. The highest BCUT2D eigenvalue weighted by molar-refractivity contribution is 5.64. The van der Waals surface area contributed by atoms with E-state index in [-0.39, 0.29) is 6.61 Å². The van der Waals surface area contributed by atoms with Crippen LogP contribution in [-0.2, 0) is 0 Å². The summed E-state index contributed by atoms with van der Waals surface area (Å²) in [7, 11) is 0. The van der Waals surface area contributed by atoms with Gasteiger partial charge in [0, 0.05) is 0 Å². The molecule has 0 saturated carbocycles. The van der Waals surface area contributed by atoms with Crippen molar-refractivity contribution in [2.45, 2.75) is 0 Å². The molecule has 1 nitrogen and oxygen atoms in total. The molecule has 0 N–H and O–H groups in total. The number of ether oxygens (including phenoxy) is 1. The number of alkyl halides is 1. The predicted octanol–water partition coefficient (Wildman–Crippen LogP) is 3.98. The van der Waals surface area contributed by atoms with Gasteiger partial charge in [-0.05, 0) is 35.4 Å². The lowest BCUT2D eigenvalue weighted by Crippen LogP contribution is -1.98. The molecule has 0 bridgehead atoms. The molecule has 2 rings (SSSR count). The third-order valence-electron chi connectivity index (χ3n) is 2.45. The van der Waals surface area contributed by atoms with Gasteiger partial charge in [0.2, 0.25) is 0 Å². The molecule has 2 aromatic rings. The second kappa shape index (κ2) is 5.58. The molecule has 0 aliphatic carbocycles. The first-order valence-corrected chi connectivity index (χ1v) is 5.45. The largest absolute Gasteiger partial charge is 0.491 e. The Morgan fingerprint density at radius 1 is 0.833 bits per heavy atom. The van der Waals surface area contributed by atoms with Gasteiger partial charge in [-0.3, -0.25) is 0 Å². The van der Waals surface area contributed by atoms with Crippen LogP contribution < -0.4 is 4.74 Å². The lowest BCUT2D eigenvalue weighted by molar-refractivity contribution is 0.273. The number of rotatable bonds is 4. The topological polar surface area (TPSA) is 9.23 Å². The molecule has 0 saturated heterocycles. The monoisotopic (exact) mass is 252 g/mol. The van der Waals surface area contributed by atoms with Gasteiger partial charge in [0.25, 0.3) is 0 Å². The van der Waals surface area contributed by atoms with Gasteiger partial charge in [-0.15, -0.1) is 0 Å². The zero-order chi connectivity index (χ0) is 13.0. The zero-order valence-electron chi connectivity index (χ0n) is 9.50. The van der Waals surface area contributed by atoms with Crippen molar-refractivity contribution in [3.05, 3.63) is 54.1 Å². The van der Waals surface area contributed by atoms with Crippen LogP contribution in [0.2, 0.25) is 0 Å². The quantitative estimate of drug-likeness (QED) is 0.799. The maximum Gasteiger partial charge on any atom is 0.159 e. The van der Waals surface area contributed by atoms with E-state index >= 15 is 0 Å². The average Bonchev–Trinajstić information content (AvgIpc) is 2.40. The van der Waals surface area contributed by atoms with Gasteiger partial charge in [-0.2, -0.15) is 0 Å². The summed E-state index contributed by atoms with van der Waals surface area (Å²) < 4.78 is 42.8. The van der Waals surface area contributed by atoms with Crippen molar-refractivity contribution in [2.24, 2.45) is 0 Å². The lowest BCUT2D eigenvalue weighted by Gasteiger charge is -2.06. The fraction of sp³-hybridized carbons (Fsp3) is 0.143. The highest BCUT2D eigenvalue weighted by Crippen LogP contribution is 2.23. The summed E-state index contributed by atoms with van der Waals surface area (Å²) in [5.74, 6) is -1.22. The van der Waals surface area contributed by atoms with Crippen LogP contribution in [0.5, 0.6) is 5.75 Å². The van der Waals surface area contributed by atoms with Crippen LogP contribution in [0.1, 0.15) is 0 Å². The van der Waals surface area contributed by atoms with Gasteiger partial charge in [0.05, 0.1) is 0 Å². The van der Waals surface area contributed by atoms with Gasteiger partial charge in [-0.1, -0.05) is 18.2 Å². The molecule has 0 fully saturated rings. The van der Waals surface area contributed by atoms with Crippen molar-refractivity contribution < 1.29 is 17.9 Å².